The molecule has 2 N–H and O–H groups in total. The highest BCUT2D eigenvalue weighted by Gasteiger charge is 2.08. The lowest BCUT2D eigenvalue weighted by atomic mass is 10.3. The third-order valence-electron chi connectivity index (χ3n) is 1.89. The Hall–Kier alpha value is -0.140. The van der Waals surface area contributed by atoms with Gasteiger partial charge in [-0.05, 0) is 25.0 Å². The van der Waals surface area contributed by atoms with Gasteiger partial charge in [0.25, 0.3) is 0 Å². The normalized spacial score (nSPS) is 11.9. The molecule has 0 bridgehead atoms. The summed E-state index contributed by atoms with van der Waals surface area (Å²) in [6.45, 7) is 0.256. The summed E-state index contributed by atoms with van der Waals surface area (Å²) < 4.78 is 25.9. The van der Waals surface area contributed by atoms with Gasteiger partial charge in [0.05, 0.1) is 10.1 Å². The van der Waals surface area contributed by atoms with Crippen molar-refractivity contribution in [2.24, 2.45) is 0 Å². The van der Waals surface area contributed by atoms with Gasteiger partial charge in [0.15, 0.2) is 0 Å². The highest BCUT2D eigenvalue weighted by Crippen LogP contribution is 2.21. The van der Waals surface area contributed by atoms with E-state index in [1.807, 2.05) is 6.07 Å². The lowest BCUT2D eigenvalue weighted by molar-refractivity contribution is 0.295. The molecule has 1 aromatic heterocycles. The minimum atomic E-state index is -3.25. The molecule has 0 aliphatic carbocycles. The fourth-order valence-electron chi connectivity index (χ4n) is 1.14. The Balaban J connectivity index is 2.29. The SMILES string of the molecule is O=S(=O)(CCCO)NCCc1ccc(Cl)s1. The molecule has 0 aliphatic heterocycles. The van der Waals surface area contributed by atoms with Gasteiger partial charge in [-0.3, -0.25) is 0 Å². The van der Waals surface area contributed by atoms with E-state index >= 15 is 0 Å². The van der Waals surface area contributed by atoms with E-state index < -0.39 is 10.0 Å². The van der Waals surface area contributed by atoms with Crippen LogP contribution in [0.3, 0.4) is 0 Å². The molecule has 1 heterocycles. The highest BCUT2D eigenvalue weighted by atomic mass is 35.5. The van der Waals surface area contributed by atoms with Crippen LogP contribution in [-0.2, 0) is 16.4 Å². The zero-order valence-corrected chi connectivity index (χ0v) is 11.0. The van der Waals surface area contributed by atoms with Gasteiger partial charge in [-0.15, -0.1) is 11.3 Å². The minimum absolute atomic E-state index is 0.0330. The van der Waals surface area contributed by atoms with Gasteiger partial charge in [0.2, 0.25) is 10.0 Å². The van der Waals surface area contributed by atoms with Crippen molar-refractivity contribution in [3.8, 4) is 0 Å². The van der Waals surface area contributed by atoms with Gasteiger partial charge in [0.1, 0.15) is 0 Å². The Labute approximate surface area is 104 Å². The number of thiophene rings is 1. The van der Waals surface area contributed by atoms with Crippen LogP contribution in [0, 0.1) is 0 Å². The van der Waals surface area contributed by atoms with Gasteiger partial charge in [-0.25, -0.2) is 13.1 Å². The van der Waals surface area contributed by atoms with Crippen molar-refractivity contribution >= 4 is 33.0 Å². The van der Waals surface area contributed by atoms with Crippen molar-refractivity contribution in [2.45, 2.75) is 12.8 Å². The molecule has 0 spiro atoms. The number of hydrogen-bond acceptors (Lipinski definition) is 4. The monoisotopic (exact) mass is 283 g/mol. The molecule has 0 saturated carbocycles. The van der Waals surface area contributed by atoms with Crippen molar-refractivity contribution in [3.05, 3.63) is 21.3 Å². The Morgan fingerprint density at radius 1 is 1.44 bits per heavy atom. The summed E-state index contributed by atoms with van der Waals surface area (Å²) in [6.07, 6.45) is 0.899. The lowest BCUT2D eigenvalue weighted by Crippen LogP contribution is -2.28. The van der Waals surface area contributed by atoms with E-state index in [2.05, 4.69) is 4.72 Å². The maximum Gasteiger partial charge on any atom is 0.211 e. The summed E-state index contributed by atoms with van der Waals surface area (Å²) in [4.78, 5) is 1.05. The Kier molecular flexibility index (Phi) is 5.71. The second-order valence-corrected chi connectivity index (χ2v) is 6.97. The minimum Gasteiger partial charge on any atom is -0.396 e. The molecule has 16 heavy (non-hydrogen) atoms. The smallest absolute Gasteiger partial charge is 0.211 e. The summed E-state index contributed by atoms with van der Waals surface area (Å²) in [7, 11) is -3.25. The summed E-state index contributed by atoms with van der Waals surface area (Å²) in [5.41, 5.74) is 0. The lowest BCUT2D eigenvalue weighted by Gasteiger charge is -2.04. The first kappa shape index (κ1) is 13.9. The highest BCUT2D eigenvalue weighted by molar-refractivity contribution is 7.89. The van der Waals surface area contributed by atoms with E-state index in [-0.39, 0.29) is 18.8 Å². The average molecular weight is 284 g/mol. The number of halogens is 1. The largest absolute Gasteiger partial charge is 0.396 e. The van der Waals surface area contributed by atoms with Crippen LogP contribution in [0.5, 0.6) is 0 Å². The van der Waals surface area contributed by atoms with Crippen LogP contribution in [0.2, 0.25) is 4.34 Å². The first-order valence-electron chi connectivity index (χ1n) is 4.86. The van der Waals surface area contributed by atoms with Gasteiger partial charge in [-0.2, -0.15) is 0 Å². The number of rotatable bonds is 7. The molecule has 0 fully saturated rings. The molecule has 7 heteroatoms. The molecule has 0 aromatic carbocycles. The Morgan fingerprint density at radius 2 is 2.19 bits per heavy atom. The topological polar surface area (TPSA) is 66.4 Å². The Morgan fingerprint density at radius 3 is 2.75 bits per heavy atom. The molecule has 0 aliphatic rings. The molecule has 92 valence electrons. The fourth-order valence-corrected chi connectivity index (χ4v) is 3.30. The zero-order chi connectivity index (χ0) is 12.0. The van der Waals surface area contributed by atoms with Crippen LogP contribution in [0.15, 0.2) is 12.1 Å². The van der Waals surface area contributed by atoms with E-state index in [9.17, 15) is 8.42 Å². The molecule has 4 nitrogen and oxygen atoms in total. The standard InChI is InChI=1S/C9H14ClNO3S2/c10-9-3-2-8(15-9)4-5-11-16(13,14)7-1-6-12/h2-3,11-12H,1,4-7H2. The Bertz CT molecular complexity index is 416. The molecule has 0 amide bonds. The summed E-state index contributed by atoms with van der Waals surface area (Å²) >= 11 is 7.20. The third kappa shape index (κ3) is 5.27. The molecule has 0 radical (unpaired) electrons. The summed E-state index contributed by atoms with van der Waals surface area (Å²) in [6, 6.07) is 3.68. The van der Waals surface area contributed by atoms with Crippen LogP contribution in [0.1, 0.15) is 11.3 Å². The number of hydrogen-bond donors (Lipinski definition) is 2. The fraction of sp³-hybridized carbons (Fsp3) is 0.556. The first-order valence-corrected chi connectivity index (χ1v) is 7.70. The van der Waals surface area contributed by atoms with E-state index in [4.69, 9.17) is 16.7 Å². The van der Waals surface area contributed by atoms with Gasteiger partial charge < -0.3 is 5.11 Å². The van der Waals surface area contributed by atoms with E-state index in [1.165, 1.54) is 11.3 Å². The maximum atomic E-state index is 11.3. The van der Waals surface area contributed by atoms with Crippen LogP contribution in [-0.4, -0.2) is 32.4 Å². The quantitative estimate of drug-likeness (QED) is 0.791. The van der Waals surface area contributed by atoms with Crippen LogP contribution < -0.4 is 4.72 Å². The van der Waals surface area contributed by atoms with Gasteiger partial charge in [0, 0.05) is 18.0 Å². The van der Waals surface area contributed by atoms with Crippen molar-refractivity contribution in [1.82, 2.24) is 4.72 Å². The maximum absolute atomic E-state index is 11.3. The second kappa shape index (κ2) is 6.56. The number of nitrogens with one attached hydrogen (secondary N) is 1. The molecule has 1 aromatic rings. The average Bonchev–Trinajstić information content (AvgIpc) is 2.61. The molecule has 0 atom stereocenters. The van der Waals surface area contributed by atoms with Crippen LogP contribution in [0.4, 0.5) is 0 Å². The van der Waals surface area contributed by atoms with Gasteiger partial charge >= 0.3 is 0 Å². The van der Waals surface area contributed by atoms with Crippen molar-refractivity contribution in [1.29, 1.82) is 0 Å². The predicted octanol–water partition coefficient (Wildman–Crippen LogP) is 1.25. The molecular weight excluding hydrogens is 270 g/mol. The first-order chi connectivity index (χ1) is 7.53. The van der Waals surface area contributed by atoms with Crippen molar-refractivity contribution < 1.29 is 13.5 Å². The van der Waals surface area contributed by atoms with Crippen LogP contribution in [0.25, 0.3) is 0 Å². The number of aliphatic hydroxyl groups is 1. The number of aliphatic hydroxyl groups excluding tert-OH is 1. The summed E-state index contributed by atoms with van der Waals surface area (Å²) in [5, 5.41) is 8.53. The van der Waals surface area contributed by atoms with E-state index in [0.717, 1.165) is 4.88 Å². The van der Waals surface area contributed by atoms with E-state index in [0.29, 0.717) is 17.3 Å². The predicted molar refractivity (Wildman–Crippen MR) is 66.5 cm³/mol. The molecule has 0 saturated heterocycles. The van der Waals surface area contributed by atoms with Crippen molar-refractivity contribution in [2.75, 3.05) is 18.9 Å². The van der Waals surface area contributed by atoms with Crippen molar-refractivity contribution in [3.63, 3.8) is 0 Å². The zero-order valence-electron chi connectivity index (χ0n) is 8.65. The van der Waals surface area contributed by atoms with Gasteiger partial charge in [-0.1, -0.05) is 11.6 Å². The third-order valence-corrected chi connectivity index (χ3v) is 4.65. The number of sulfonamides is 1. The molecule has 1 rings (SSSR count). The second-order valence-electron chi connectivity index (χ2n) is 3.25. The molecular formula is C9H14ClNO3S2. The van der Waals surface area contributed by atoms with Crippen LogP contribution >= 0.6 is 22.9 Å². The van der Waals surface area contributed by atoms with E-state index in [1.54, 1.807) is 6.07 Å². The summed E-state index contributed by atoms with van der Waals surface area (Å²) in [5.74, 6) is -0.0330. The molecule has 0 unspecified atom stereocenters.